The van der Waals surface area contributed by atoms with Crippen LogP contribution in [0.5, 0.6) is 5.75 Å². The van der Waals surface area contributed by atoms with Gasteiger partial charge in [0.15, 0.2) is 0 Å². The normalized spacial score (nSPS) is 12.1. The van der Waals surface area contributed by atoms with E-state index in [1.165, 1.54) is 0 Å². The number of hydrogen-bond acceptors (Lipinski definition) is 4. The van der Waals surface area contributed by atoms with Crippen molar-refractivity contribution in [1.82, 2.24) is 4.98 Å². The van der Waals surface area contributed by atoms with E-state index in [1.807, 2.05) is 54.6 Å². The summed E-state index contributed by atoms with van der Waals surface area (Å²) >= 11 is 0. The van der Waals surface area contributed by atoms with Gasteiger partial charge in [-0.2, -0.15) is 0 Å². The zero-order valence-electron chi connectivity index (χ0n) is 13.3. The summed E-state index contributed by atoms with van der Waals surface area (Å²) in [6.07, 6.45) is -0.411. The fourth-order valence-corrected chi connectivity index (χ4v) is 2.49. The summed E-state index contributed by atoms with van der Waals surface area (Å²) in [4.78, 5) is 4.75. The molecule has 3 aromatic rings. The summed E-state index contributed by atoms with van der Waals surface area (Å²) in [6.45, 7) is 2.26. The Morgan fingerprint density at radius 1 is 1.13 bits per heavy atom. The van der Waals surface area contributed by atoms with Gasteiger partial charge in [0.1, 0.15) is 5.75 Å². The number of rotatable bonds is 5. The minimum absolute atomic E-state index is 0.411. The molecule has 0 aliphatic heterocycles. The Morgan fingerprint density at radius 2 is 1.87 bits per heavy atom. The Kier molecular flexibility index (Phi) is 4.44. The Labute approximate surface area is 135 Å². The molecule has 0 bridgehead atoms. The Hall–Kier alpha value is -2.59. The maximum atomic E-state index is 9.54. The molecule has 2 aromatic carbocycles. The number of nitrogens with zero attached hydrogens (tertiary/aromatic N) is 1. The second-order valence-corrected chi connectivity index (χ2v) is 5.53. The van der Waals surface area contributed by atoms with Crippen LogP contribution in [0.1, 0.15) is 6.92 Å². The van der Waals surface area contributed by atoms with Crippen LogP contribution < -0.4 is 10.1 Å². The predicted octanol–water partition coefficient (Wildman–Crippen LogP) is 3.70. The first-order valence-corrected chi connectivity index (χ1v) is 7.63. The fraction of sp³-hybridized carbons (Fsp3) is 0.211. The number of aliphatic hydroxyl groups is 1. The van der Waals surface area contributed by atoms with Crippen LogP contribution in [0.4, 0.5) is 5.69 Å². The molecule has 0 fully saturated rings. The van der Waals surface area contributed by atoms with Gasteiger partial charge >= 0.3 is 0 Å². The molecule has 1 aromatic heterocycles. The monoisotopic (exact) mass is 308 g/mol. The first-order valence-electron chi connectivity index (χ1n) is 7.63. The summed E-state index contributed by atoms with van der Waals surface area (Å²) in [6, 6.07) is 17.9. The molecule has 23 heavy (non-hydrogen) atoms. The summed E-state index contributed by atoms with van der Waals surface area (Å²) in [5, 5.41) is 13.9. The van der Waals surface area contributed by atoms with Gasteiger partial charge in [-0.05, 0) is 43.3 Å². The number of para-hydroxylation sites is 1. The Balaban J connectivity index is 2.06. The van der Waals surface area contributed by atoms with Gasteiger partial charge in [0.05, 0.1) is 24.4 Å². The van der Waals surface area contributed by atoms with Crippen LogP contribution >= 0.6 is 0 Å². The Bertz CT molecular complexity index is 798. The zero-order chi connectivity index (χ0) is 16.2. The molecule has 0 radical (unpaired) electrons. The lowest BCUT2D eigenvalue weighted by molar-refractivity contribution is 0.208. The highest BCUT2D eigenvalue weighted by Crippen LogP contribution is 2.29. The van der Waals surface area contributed by atoms with E-state index >= 15 is 0 Å². The SMILES string of the molecule is COc1ccc(-c2cc(NC[C@H](C)O)c3ccccc3n2)cc1. The van der Waals surface area contributed by atoms with Crippen LogP contribution in [0.25, 0.3) is 22.2 Å². The maximum absolute atomic E-state index is 9.54. The van der Waals surface area contributed by atoms with Crippen molar-refractivity contribution in [3.05, 3.63) is 54.6 Å². The summed E-state index contributed by atoms with van der Waals surface area (Å²) < 4.78 is 5.20. The minimum atomic E-state index is -0.411. The van der Waals surface area contributed by atoms with E-state index in [4.69, 9.17) is 9.72 Å². The molecule has 1 heterocycles. The second kappa shape index (κ2) is 6.67. The van der Waals surface area contributed by atoms with Gasteiger partial charge in [-0.15, -0.1) is 0 Å². The Morgan fingerprint density at radius 3 is 2.57 bits per heavy atom. The standard InChI is InChI=1S/C19H20N2O2/c1-13(22)12-20-19-11-18(14-7-9-15(23-2)10-8-14)21-17-6-4-3-5-16(17)19/h3-11,13,22H,12H2,1-2H3,(H,20,21)/t13-/m0/s1. The lowest BCUT2D eigenvalue weighted by Crippen LogP contribution is -2.15. The topological polar surface area (TPSA) is 54.4 Å². The number of nitrogens with one attached hydrogen (secondary N) is 1. The molecule has 4 heteroatoms. The van der Waals surface area contributed by atoms with Gasteiger partial charge in [0, 0.05) is 23.2 Å². The van der Waals surface area contributed by atoms with Gasteiger partial charge in [-0.3, -0.25) is 0 Å². The van der Waals surface area contributed by atoms with Crippen molar-refractivity contribution in [2.24, 2.45) is 0 Å². The third-order valence-corrected chi connectivity index (χ3v) is 3.69. The largest absolute Gasteiger partial charge is 0.497 e. The van der Waals surface area contributed by atoms with Gasteiger partial charge in [0.2, 0.25) is 0 Å². The molecule has 0 spiro atoms. The number of fused-ring (bicyclic) bond motifs is 1. The van der Waals surface area contributed by atoms with Crippen molar-refractivity contribution in [2.75, 3.05) is 19.0 Å². The minimum Gasteiger partial charge on any atom is -0.497 e. The van der Waals surface area contributed by atoms with Crippen LogP contribution in [-0.4, -0.2) is 29.8 Å². The lowest BCUT2D eigenvalue weighted by Gasteiger charge is -2.13. The number of anilines is 1. The molecule has 0 saturated heterocycles. The molecule has 0 amide bonds. The second-order valence-electron chi connectivity index (χ2n) is 5.53. The zero-order valence-corrected chi connectivity index (χ0v) is 13.3. The van der Waals surface area contributed by atoms with E-state index in [-0.39, 0.29) is 0 Å². The highest BCUT2D eigenvalue weighted by Gasteiger charge is 2.08. The fourth-order valence-electron chi connectivity index (χ4n) is 2.49. The van der Waals surface area contributed by atoms with Gasteiger partial charge < -0.3 is 15.2 Å². The number of methoxy groups -OCH3 is 1. The highest BCUT2D eigenvalue weighted by molar-refractivity contribution is 5.93. The van der Waals surface area contributed by atoms with Crippen molar-refractivity contribution in [3.63, 3.8) is 0 Å². The lowest BCUT2D eigenvalue weighted by atomic mass is 10.1. The molecule has 0 aliphatic carbocycles. The number of pyridine rings is 1. The van der Waals surface area contributed by atoms with Gasteiger partial charge in [0.25, 0.3) is 0 Å². The number of ether oxygens (including phenoxy) is 1. The number of aliphatic hydroxyl groups excluding tert-OH is 1. The van der Waals surface area contributed by atoms with Crippen molar-refractivity contribution < 1.29 is 9.84 Å². The summed E-state index contributed by atoms with van der Waals surface area (Å²) in [5.74, 6) is 0.821. The number of hydrogen-bond donors (Lipinski definition) is 2. The van der Waals surface area contributed by atoms with Gasteiger partial charge in [-0.1, -0.05) is 18.2 Å². The third kappa shape index (κ3) is 3.43. The molecule has 4 nitrogen and oxygen atoms in total. The number of benzene rings is 2. The van der Waals surface area contributed by atoms with Crippen molar-refractivity contribution in [2.45, 2.75) is 13.0 Å². The molecule has 2 N–H and O–H groups in total. The average Bonchev–Trinajstić information content (AvgIpc) is 2.59. The van der Waals surface area contributed by atoms with Gasteiger partial charge in [-0.25, -0.2) is 4.98 Å². The molecule has 0 aliphatic rings. The molecule has 0 saturated carbocycles. The molecule has 1 atom stereocenters. The molecule has 118 valence electrons. The van der Waals surface area contributed by atoms with Crippen molar-refractivity contribution >= 4 is 16.6 Å². The average molecular weight is 308 g/mol. The molecule has 0 unspecified atom stereocenters. The summed E-state index contributed by atoms with van der Waals surface area (Å²) in [7, 11) is 1.65. The van der Waals surface area contributed by atoms with Crippen LogP contribution in [0, 0.1) is 0 Å². The first kappa shape index (κ1) is 15.3. The van der Waals surface area contributed by atoms with Crippen LogP contribution in [0.15, 0.2) is 54.6 Å². The van der Waals surface area contributed by atoms with E-state index in [1.54, 1.807) is 14.0 Å². The first-order chi connectivity index (χ1) is 11.2. The van der Waals surface area contributed by atoms with E-state index in [2.05, 4.69) is 5.32 Å². The maximum Gasteiger partial charge on any atom is 0.118 e. The van der Waals surface area contributed by atoms with Crippen molar-refractivity contribution in [1.29, 1.82) is 0 Å². The molecule has 3 rings (SSSR count). The van der Waals surface area contributed by atoms with Crippen molar-refractivity contribution in [3.8, 4) is 17.0 Å². The third-order valence-electron chi connectivity index (χ3n) is 3.69. The highest BCUT2D eigenvalue weighted by atomic mass is 16.5. The molecular weight excluding hydrogens is 288 g/mol. The van der Waals surface area contributed by atoms with E-state index in [9.17, 15) is 5.11 Å². The predicted molar refractivity (Wildman–Crippen MR) is 93.9 cm³/mol. The summed E-state index contributed by atoms with van der Waals surface area (Å²) in [5.41, 5.74) is 3.81. The van der Waals surface area contributed by atoms with E-state index in [0.717, 1.165) is 33.6 Å². The van der Waals surface area contributed by atoms with Crippen LogP contribution in [0.2, 0.25) is 0 Å². The molecular formula is C19H20N2O2. The van der Waals surface area contributed by atoms with E-state index < -0.39 is 6.10 Å². The smallest absolute Gasteiger partial charge is 0.118 e. The van der Waals surface area contributed by atoms with E-state index in [0.29, 0.717) is 6.54 Å². The van der Waals surface area contributed by atoms with Crippen LogP contribution in [0.3, 0.4) is 0 Å². The number of aromatic nitrogens is 1. The quantitative estimate of drug-likeness (QED) is 0.754. The van der Waals surface area contributed by atoms with Crippen LogP contribution in [-0.2, 0) is 0 Å².